The summed E-state index contributed by atoms with van der Waals surface area (Å²) in [6.45, 7) is 7.98. The van der Waals surface area contributed by atoms with Gasteiger partial charge in [-0.05, 0) is 57.0 Å². The van der Waals surface area contributed by atoms with Crippen LogP contribution in [-0.2, 0) is 11.2 Å². The van der Waals surface area contributed by atoms with E-state index >= 15 is 0 Å². The Kier molecular flexibility index (Phi) is 6.76. The van der Waals surface area contributed by atoms with Crippen molar-refractivity contribution in [3.63, 3.8) is 0 Å². The highest BCUT2D eigenvalue weighted by Crippen LogP contribution is 2.22. The van der Waals surface area contributed by atoms with Crippen LogP contribution in [0.5, 0.6) is 5.75 Å². The predicted octanol–water partition coefficient (Wildman–Crippen LogP) is 4.55. The van der Waals surface area contributed by atoms with E-state index in [1.165, 1.54) is 5.56 Å². The third-order valence-electron chi connectivity index (χ3n) is 3.58. The van der Waals surface area contributed by atoms with E-state index in [9.17, 15) is 4.79 Å². The summed E-state index contributed by atoms with van der Waals surface area (Å²) in [5, 5.41) is 4.07. The number of hydrogen-bond acceptors (Lipinski definition) is 3. The number of benzene rings is 2. The molecular formula is C20H23BrN2O2. The van der Waals surface area contributed by atoms with Gasteiger partial charge in [0, 0.05) is 10.0 Å². The fourth-order valence-electron chi connectivity index (χ4n) is 2.41. The lowest BCUT2D eigenvalue weighted by Crippen LogP contribution is -2.20. The van der Waals surface area contributed by atoms with Gasteiger partial charge in [0.1, 0.15) is 5.75 Å². The zero-order chi connectivity index (χ0) is 18.4. The summed E-state index contributed by atoms with van der Waals surface area (Å²) in [4.78, 5) is 12.1. The Morgan fingerprint density at radius 2 is 2.00 bits per heavy atom. The second kappa shape index (κ2) is 8.81. The fourth-order valence-corrected chi connectivity index (χ4v) is 2.79. The Morgan fingerprint density at radius 3 is 2.68 bits per heavy atom. The molecule has 5 heteroatoms. The van der Waals surface area contributed by atoms with Crippen molar-refractivity contribution in [1.29, 1.82) is 0 Å². The number of nitrogens with zero attached hydrogens (tertiary/aromatic N) is 1. The molecule has 132 valence electrons. The highest BCUT2D eigenvalue weighted by atomic mass is 79.9. The molecule has 0 aliphatic carbocycles. The molecule has 4 nitrogen and oxygen atoms in total. The van der Waals surface area contributed by atoms with Crippen LogP contribution in [0.15, 0.2) is 46.0 Å². The third kappa shape index (κ3) is 6.02. The molecule has 0 bridgehead atoms. The first-order chi connectivity index (χ1) is 11.8. The van der Waals surface area contributed by atoms with Gasteiger partial charge in [-0.2, -0.15) is 5.10 Å². The number of amides is 1. The van der Waals surface area contributed by atoms with Crippen LogP contribution >= 0.6 is 15.9 Å². The summed E-state index contributed by atoms with van der Waals surface area (Å²) in [5.74, 6) is 0.579. The maximum absolute atomic E-state index is 12.1. The standard InChI is InChI=1S/C20H23BrN2O2/c1-13(2)25-19-8-7-18(21)10-17(19)12-22-23-20(24)11-16-6-5-14(3)9-15(16)4/h5-10,12-13H,11H2,1-4H3,(H,23,24)/b22-12+. The maximum atomic E-state index is 12.1. The molecule has 0 heterocycles. The molecule has 1 amide bonds. The van der Waals surface area contributed by atoms with E-state index in [2.05, 4.69) is 32.5 Å². The van der Waals surface area contributed by atoms with E-state index in [1.807, 2.05) is 58.0 Å². The summed E-state index contributed by atoms with van der Waals surface area (Å²) < 4.78 is 6.68. The molecule has 2 aromatic carbocycles. The molecule has 0 aliphatic rings. The SMILES string of the molecule is Cc1ccc(CC(=O)N/N=C/c2cc(Br)ccc2OC(C)C)c(C)c1. The van der Waals surface area contributed by atoms with Crippen molar-refractivity contribution in [3.8, 4) is 5.75 Å². The van der Waals surface area contributed by atoms with Gasteiger partial charge >= 0.3 is 0 Å². The smallest absolute Gasteiger partial charge is 0.244 e. The molecule has 1 N–H and O–H groups in total. The first-order valence-electron chi connectivity index (χ1n) is 8.19. The maximum Gasteiger partial charge on any atom is 0.244 e. The van der Waals surface area contributed by atoms with Crippen molar-refractivity contribution in [2.45, 2.75) is 40.2 Å². The first-order valence-corrected chi connectivity index (χ1v) is 8.98. The van der Waals surface area contributed by atoms with E-state index in [1.54, 1.807) is 6.21 Å². The van der Waals surface area contributed by atoms with Gasteiger partial charge in [0.2, 0.25) is 5.91 Å². The number of rotatable bonds is 6. The van der Waals surface area contributed by atoms with Crippen LogP contribution in [0.2, 0.25) is 0 Å². The number of aryl methyl sites for hydroxylation is 2. The minimum Gasteiger partial charge on any atom is -0.490 e. The Balaban J connectivity index is 2.02. The van der Waals surface area contributed by atoms with Crippen molar-refractivity contribution >= 4 is 28.1 Å². The van der Waals surface area contributed by atoms with Gasteiger partial charge in [0.05, 0.1) is 18.7 Å². The number of carbonyl (C=O) groups is 1. The number of halogens is 1. The lowest BCUT2D eigenvalue weighted by Gasteiger charge is -2.12. The molecule has 2 rings (SSSR count). The molecule has 0 saturated carbocycles. The van der Waals surface area contributed by atoms with Crippen LogP contribution < -0.4 is 10.2 Å². The number of ether oxygens (including phenoxy) is 1. The minimum atomic E-state index is -0.149. The molecule has 0 radical (unpaired) electrons. The van der Waals surface area contributed by atoms with Crippen LogP contribution in [0.25, 0.3) is 0 Å². The van der Waals surface area contributed by atoms with Gasteiger partial charge in [-0.15, -0.1) is 0 Å². The van der Waals surface area contributed by atoms with Crippen LogP contribution in [0.4, 0.5) is 0 Å². The topological polar surface area (TPSA) is 50.7 Å². The van der Waals surface area contributed by atoms with Gasteiger partial charge < -0.3 is 4.74 Å². The van der Waals surface area contributed by atoms with Gasteiger partial charge in [-0.1, -0.05) is 39.7 Å². The van der Waals surface area contributed by atoms with E-state index in [0.717, 1.165) is 26.9 Å². The van der Waals surface area contributed by atoms with Crippen LogP contribution in [0.3, 0.4) is 0 Å². The molecule has 0 aromatic heterocycles. The lowest BCUT2D eigenvalue weighted by molar-refractivity contribution is -0.120. The first kappa shape index (κ1) is 19.2. The van der Waals surface area contributed by atoms with Crippen molar-refractivity contribution < 1.29 is 9.53 Å². The number of hydrogen-bond donors (Lipinski definition) is 1. The average molecular weight is 403 g/mol. The molecule has 0 aliphatic heterocycles. The van der Waals surface area contributed by atoms with Crippen molar-refractivity contribution in [2.75, 3.05) is 0 Å². The average Bonchev–Trinajstić information content (AvgIpc) is 2.52. The molecule has 0 unspecified atom stereocenters. The summed E-state index contributed by atoms with van der Waals surface area (Å²) in [6, 6.07) is 11.8. The Hall–Kier alpha value is -2.14. The highest BCUT2D eigenvalue weighted by Gasteiger charge is 2.07. The number of nitrogens with one attached hydrogen (secondary N) is 1. The second-order valence-electron chi connectivity index (χ2n) is 6.25. The Labute approximate surface area is 157 Å². The zero-order valence-corrected chi connectivity index (χ0v) is 16.6. The summed E-state index contributed by atoms with van der Waals surface area (Å²) >= 11 is 3.44. The zero-order valence-electron chi connectivity index (χ0n) is 15.0. The van der Waals surface area contributed by atoms with Crippen molar-refractivity contribution in [2.24, 2.45) is 5.10 Å². The molecule has 0 saturated heterocycles. The summed E-state index contributed by atoms with van der Waals surface area (Å²) in [7, 11) is 0. The molecule has 0 spiro atoms. The van der Waals surface area contributed by atoms with E-state index in [0.29, 0.717) is 6.42 Å². The number of hydrazone groups is 1. The molecular weight excluding hydrogens is 380 g/mol. The fraction of sp³-hybridized carbons (Fsp3) is 0.300. The van der Waals surface area contributed by atoms with Crippen LogP contribution in [-0.4, -0.2) is 18.2 Å². The highest BCUT2D eigenvalue weighted by molar-refractivity contribution is 9.10. The van der Waals surface area contributed by atoms with Crippen molar-refractivity contribution in [1.82, 2.24) is 5.43 Å². The van der Waals surface area contributed by atoms with Crippen molar-refractivity contribution in [3.05, 3.63) is 63.1 Å². The van der Waals surface area contributed by atoms with E-state index in [4.69, 9.17) is 4.74 Å². The van der Waals surface area contributed by atoms with Gasteiger partial charge in [-0.3, -0.25) is 4.79 Å². The third-order valence-corrected chi connectivity index (χ3v) is 4.07. The second-order valence-corrected chi connectivity index (χ2v) is 7.16. The number of carbonyl (C=O) groups excluding carboxylic acids is 1. The molecule has 0 atom stereocenters. The van der Waals surface area contributed by atoms with E-state index < -0.39 is 0 Å². The van der Waals surface area contributed by atoms with Gasteiger partial charge in [0.15, 0.2) is 0 Å². The summed E-state index contributed by atoms with van der Waals surface area (Å²) in [5.41, 5.74) is 6.68. The largest absolute Gasteiger partial charge is 0.490 e. The molecule has 2 aromatic rings. The lowest BCUT2D eigenvalue weighted by atomic mass is 10.0. The van der Waals surface area contributed by atoms with Gasteiger partial charge in [0.25, 0.3) is 0 Å². The molecule has 0 fully saturated rings. The predicted molar refractivity (Wildman–Crippen MR) is 105 cm³/mol. The normalized spacial score (nSPS) is 11.1. The van der Waals surface area contributed by atoms with E-state index in [-0.39, 0.29) is 12.0 Å². The Bertz CT molecular complexity index is 785. The monoisotopic (exact) mass is 402 g/mol. The van der Waals surface area contributed by atoms with Gasteiger partial charge in [-0.25, -0.2) is 5.43 Å². The van der Waals surface area contributed by atoms with Crippen LogP contribution in [0.1, 0.15) is 36.1 Å². The molecule has 25 heavy (non-hydrogen) atoms. The summed E-state index contributed by atoms with van der Waals surface area (Å²) in [6.07, 6.45) is 1.96. The quantitative estimate of drug-likeness (QED) is 0.569. The Morgan fingerprint density at radius 1 is 1.24 bits per heavy atom. The minimum absolute atomic E-state index is 0.0624. The van der Waals surface area contributed by atoms with Crippen LogP contribution in [0, 0.1) is 13.8 Å².